The Morgan fingerprint density at radius 1 is 1.18 bits per heavy atom. The molecule has 1 aliphatic carbocycles. The average molecular weight is 559 g/mol. The monoisotopic (exact) mass is 558 g/mol. The number of aliphatic hydroxyl groups is 1. The van der Waals surface area contributed by atoms with Crippen molar-refractivity contribution in [3.63, 3.8) is 0 Å². The van der Waals surface area contributed by atoms with Crippen molar-refractivity contribution < 1.29 is 43.3 Å². The van der Waals surface area contributed by atoms with Gasteiger partial charge < -0.3 is 34.9 Å². The van der Waals surface area contributed by atoms with Crippen LogP contribution in [0, 0.1) is 5.41 Å². The Balaban J connectivity index is 1.38. The van der Waals surface area contributed by atoms with Crippen LogP contribution in [0.15, 0.2) is 30.3 Å². The van der Waals surface area contributed by atoms with Crippen LogP contribution in [0.4, 0.5) is 0 Å². The normalized spacial score (nSPS) is 30.6. The summed E-state index contributed by atoms with van der Waals surface area (Å²) in [5.41, 5.74) is 0.269. The van der Waals surface area contributed by atoms with Crippen molar-refractivity contribution in [2.75, 3.05) is 40.6 Å². The van der Waals surface area contributed by atoms with E-state index in [9.17, 15) is 19.2 Å². The van der Waals surface area contributed by atoms with Crippen LogP contribution < -0.4 is 10.6 Å². The van der Waals surface area contributed by atoms with E-state index in [2.05, 4.69) is 10.6 Å². The number of rotatable bonds is 10. The summed E-state index contributed by atoms with van der Waals surface area (Å²) in [6.07, 6.45) is 0.725. The number of amides is 3. The van der Waals surface area contributed by atoms with E-state index in [1.165, 1.54) is 16.0 Å². The minimum atomic E-state index is -1.31. The molecule has 216 valence electrons. The van der Waals surface area contributed by atoms with Crippen LogP contribution in [-0.2, 0) is 44.8 Å². The Hall–Kier alpha value is -3.36. The van der Waals surface area contributed by atoms with E-state index in [4.69, 9.17) is 24.2 Å². The van der Waals surface area contributed by atoms with Gasteiger partial charge in [-0.05, 0) is 17.2 Å². The van der Waals surface area contributed by atoms with Gasteiger partial charge in [0.1, 0.15) is 36.6 Å². The van der Waals surface area contributed by atoms with Crippen LogP contribution in [0.5, 0.6) is 0 Å². The molecule has 13 heteroatoms. The lowest BCUT2D eigenvalue weighted by Crippen LogP contribution is -2.69. The molecule has 3 saturated heterocycles. The highest BCUT2D eigenvalue weighted by Gasteiger charge is 2.74. The van der Waals surface area contributed by atoms with Crippen LogP contribution in [0.2, 0.25) is 0 Å². The summed E-state index contributed by atoms with van der Waals surface area (Å²) in [7, 11) is 3.34. The number of likely N-dealkylation sites (N-methyl/N-ethyl adjacent to an activating group) is 1. The molecule has 4 aliphatic rings. The van der Waals surface area contributed by atoms with E-state index in [0.29, 0.717) is 0 Å². The molecule has 1 aromatic carbocycles. The number of carbonyl (C=O) groups is 4. The third-order valence-corrected chi connectivity index (χ3v) is 7.71. The van der Waals surface area contributed by atoms with Crippen molar-refractivity contribution in [2.24, 2.45) is 5.41 Å². The highest BCUT2D eigenvalue weighted by atomic mass is 16.8. The zero-order valence-electron chi connectivity index (χ0n) is 22.4. The Kier molecular flexibility index (Phi) is 8.19. The summed E-state index contributed by atoms with van der Waals surface area (Å²) in [6, 6.07) is 6.38. The Morgan fingerprint density at radius 3 is 2.75 bits per heavy atom. The fourth-order valence-corrected chi connectivity index (χ4v) is 5.86. The van der Waals surface area contributed by atoms with E-state index in [1.807, 2.05) is 24.3 Å². The number of hydroxylamine groups is 2. The zero-order valence-corrected chi connectivity index (χ0v) is 22.4. The lowest BCUT2D eigenvalue weighted by molar-refractivity contribution is -0.201. The van der Waals surface area contributed by atoms with Crippen LogP contribution in [-0.4, -0.2) is 110 Å². The van der Waals surface area contributed by atoms with Gasteiger partial charge in [0.25, 0.3) is 0 Å². The van der Waals surface area contributed by atoms with Crippen molar-refractivity contribution in [1.82, 2.24) is 20.6 Å². The Labute approximate surface area is 231 Å². The van der Waals surface area contributed by atoms with Gasteiger partial charge in [-0.3, -0.25) is 24.0 Å². The molecule has 40 heavy (non-hydrogen) atoms. The van der Waals surface area contributed by atoms with Crippen LogP contribution >= 0.6 is 0 Å². The van der Waals surface area contributed by atoms with Gasteiger partial charge >= 0.3 is 5.97 Å². The average Bonchev–Trinajstić information content (AvgIpc) is 3.55. The molecule has 0 aromatic heterocycles. The highest BCUT2D eigenvalue weighted by Crippen LogP contribution is 2.55. The molecular formula is C27H34N4O9. The summed E-state index contributed by atoms with van der Waals surface area (Å²) in [6.45, 7) is 0.153. The lowest BCUT2D eigenvalue weighted by atomic mass is 9.62. The maximum absolute atomic E-state index is 13.8. The first kappa shape index (κ1) is 28.2. The second kappa shape index (κ2) is 11.6. The third kappa shape index (κ3) is 5.22. The highest BCUT2D eigenvalue weighted by molar-refractivity contribution is 5.94. The number of aliphatic hydroxyl groups excluding tert-OH is 1. The molecule has 0 radical (unpaired) electrons. The predicted molar refractivity (Wildman–Crippen MR) is 138 cm³/mol. The lowest BCUT2D eigenvalue weighted by Gasteiger charge is -2.48. The van der Waals surface area contributed by atoms with Crippen molar-refractivity contribution in [1.29, 1.82) is 0 Å². The number of nitrogens with zero attached hydrogens (tertiary/aromatic N) is 2. The molecule has 1 aromatic rings. The smallest absolute Gasteiger partial charge is 0.327 e. The van der Waals surface area contributed by atoms with Crippen LogP contribution in [0.1, 0.15) is 24.0 Å². The molecule has 2 bridgehead atoms. The maximum atomic E-state index is 13.8. The number of ether oxygens (including phenoxy) is 3. The molecule has 5 rings (SSSR count). The zero-order chi connectivity index (χ0) is 28.4. The second-order valence-electron chi connectivity index (χ2n) is 10.5. The van der Waals surface area contributed by atoms with Crippen molar-refractivity contribution in [3.8, 4) is 0 Å². The van der Waals surface area contributed by atoms with E-state index in [0.717, 1.165) is 11.1 Å². The summed E-state index contributed by atoms with van der Waals surface area (Å²) in [5, 5.41) is 15.7. The van der Waals surface area contributed by atoms with Gasteiger partial charge in [-0.2, -0.15) is 5.06 Å². The standard InChI is InChI=1S/C27H34N4O9/c1-30(2)20(34)7-6-16-4-3-5-17(12-16)14-31-23-25(35)39-18-13-27(23,24(40-31)22-21(18)37-15-38-22)26(36)29-9-8-19(33)28-10-11-32/h3-7,12,18,21-24,32H,8-11,13-15H2,1-2H3,(H,28,33)(H,29,36)/t18-,21+,22+,23+,24-,27+/m1/s1. The number of hydrogen-bond donors (Lipinski definition) is 3. The van der Waals surface area contributed by atoms with Gasteiger partial charge in [0.05, 0.1) is 13.2 Å². The van der Waals surface area contributed by atoms with Crippen molar-refractivity contribution in [2.45, 2.75) is 49.8 Å². The quantitative estimate of drug-likeness (QED) is 0.239. The van der Waals surface area contributed by atoms with Crippen LogP contribution in [0.25, 0.3) is 6.08 Å². The number of esters is 1. The topological polar surface area (TPSA) is 156 Å². The van der Waals surface area contributed by atoms with E-state index in [1.54, 1.807) is 20.2 Å². The molecule has 0 unspecified atom stereocenters. The number of nitrogens with one attached hydrogen (secondary N) is 2. The Morgan fingerprint density at radius 2 is 1.98 bits per heavy atom. The number of fused-ring (bicyclic) bond motifs is 4. The van der Waals surface area contributed by atoms with Gasteiger partial charge in [0.2, 0.25) is 17.7 Å². The number of hydrogen-bond acceptors (Lipinski definition) is 10. The predicted octanol–water partition coefficient (Wildman–Crippen LogP) is -1.06. The molecule has 3 aliphatic heterocycles. The first-order valence-corrected chi connectivity index (χ1v) is 13.3. The van der Waals surface area contributed by atoms with E-state index < -0.39 is 47.7 Å². The van der Waals surface area contributed by atoms with E-state index in [-0.39, 0.29) is 57.7 Å². The molecular weight excluding hydrogens is 524 g/mol. The summed E-state index contributed by atoms with van der Waals surface area (Å²) >= 11 is 0. The molecule has 3 amide bonds. The maximum Gasteiger partial charge on any atom is 0.327 e. The van der Waals surface area contributed by atoms with Gasteiger partial charge in [-0.25, -0.2) is 0 Å². The largest absolute Gasteiger partial charge is 0.458 e. The molecule has 1 saturated carbocycles. The minimum Gasteiger partial charge on any atom is -0.458 e. The molecule has 3 N–H and O–H groups in total. The van der Waals surface area contributed by atoms with Gasteiger partial charge in [0, 0.05) is 46.1 Å². The summed E-state index contributed by atoms with van der Waals surface area (Å²) < 4.78 is 17.3. The summed E-state index contributed by atoms with van der Waals surface area (Å²) in [5.74, 6) is -1.47. The number of carbonyl (C=O) groups excluding carboxylic acids is 4. The van der Waals surface area contributed by atoms with Gasteiger partial charge in [-0.15, -0.1) is 0 Å². The fourth-order valence-electron chi connectivity index (χ4n) is 5.86. The SMILES string of the molecule is CN(C)C(=O)C=Cc1cccc(CN2O[C@@H]3[C@H]4OCO[C@H]4[C@H]4C[C@]3(C(=O)NCCC(=O)NCCO)[C@@H]2C(=O)O4)c1. The molecule has 13 nitrogen and oxygen atoms in total. The first-order chi connectivity index (χ1) is 19.2. The van der Waals surface area contributed by atoms with Crippen molar-refractivity contribution in [3.05, 3.63) is 41.5 Å². The fraction of sp³-hybridized carbons (Fsp3) is 0.556. The third-order valence-electron chi connectivity index (χ3n) is 7.71. The minimum absolute atomic E-state index is 0.00329. The van der Waals surface area contributed by atoms with Gasteiger partial charge in [0.15, 0.2) is 6.04 Å². The number of benzene rings is 1. The Bertz CT molecular complexity index is 1190. The molecule has 3 heterocycles. The first-order valence-electron chi connectivity index (χ1n) is 13.3. The molecule has 6 atom stereocenters. The second-order valence-corrected chi connectivity index (χ2v) is 10.5. The molecule has 4 fully saturated rings. The van der Waals surface area contributed by atoms with Crippen molar-refractivity contribution >= 4 is 29.8 Å². The molecule has 0 spiro atoms. The van der Waals surface area contributed by atoms with Gasteiger partial charge in [-0.1, -0.05) is 24.3 Å². The van der Waals surface area contributed by atoms with E-state index >= 15 is 0 Å². The van der Waals surface area contributed by atoms with Crippen LogP contribution in [0.3, 0.4) is 0 Å². The summed E-state index contributed by atoms with van der Waals surface area (Å²) in [4.78, 5) is 59.0.